The number of likely N-dealkylation sites (N-methyl/N-ethyl adjacent to an activating group) is 1. The number of rotatable bonds is 4. The third-order valence-corrected chi connectivity index (χ3v) is 7.07. The van der Waals surface area contributed by atoms with Crippen LogP contribution >= 0.6 is 0 Å². The quantitative estimate of drug-likeness (QED) is 0.357. The van der Waals surface area contributed by atoms with Crippen LogP contribution in [-0.2, 0) is 0 Å². The van der Waals surface area contributed by atoms with Gasteiger partial charge < -0.3 is 15.1 Å². The fourth-order valence-electron chi connectivity index (χ4n) is 4.44. The van der Waals surface area contributed by atoms with Crippen LogP contribution in [-0.4, -0.2) is 42.5 Å². The summed E-state index contributed by atoms with van der Waals surface area (Å²) in [4.78, 5) is 4.40. The molecule has 0 fully saturated rings. The summed E-state index contributed by atoms with van der Waals surface area (Å²) < 4.78 is 0. The summed E-state index contributed by atoms with van der Waals surface area (Å²) in [6.07, 6.45) is 27.8. The van der Waals surface area contributed by atoms with E-state index in [0.29, 0.717) is 12.0 Å². The largest absolute Gasteiger partial charge is 0.376 e. The minimum absolute atomic E-state index is 0. The monoisotopic (exact) mass is 542 g/mol. The highest BCUT2D eigenvalue weighted by atomic mass is 15.1. The highest BCUT2D eigenvalue weighted by Crippen LogP contribution is 2.23. The van der Waals surface area contributed by atoms with Crippen LogP contribution in [0.25, 0.3) is 0 Å². The van der Waals surface area contributed by atoms with Gasteiger partial charge in [0.25, 0.3) is 0 Å². The Morgan fingerprint density at radius 3 is 1.69 bits per heavy atom. The van der Waals surface area contributed by atoms with E-state index in [0.717, 1.165) is 31.3 Å². The van der Waals surface area contributed by atoms with Crippen molar-refractivity contribution < 1.29 is 0 Å². The van der Waals surface area contributed by atoms with Crippen molar-refractivity contribution in [3.05, 3.63) is 71.8 Å². The van der Waals surface area contributed by atoms with Gasteiger partial charge in [-0.15, -0.1) is 0 Å². The molecule has 0 saturated carbocycles. The predicted molar refractivity (Wildman–Crippen MR) is 180 cm³/mol. The molecular weight excluding hydrogens is 474 g/mol. The molecule has 3 aliphatic heterocycles. The summed E-state index contributed by atoms with van der Waals surface area (Å²) in [5.41, 5.74) is 4.73. The molecule has 0 aromatic carbocycles. The minimum atomic E-state index is 0. The number of hydrogen-bond donors (Lipinski definition) is 1. The van der Waals surface area contributed by atoms with Crippen molar-refractivity contribution in [3.63, 3.8) is 0 Å². The van der Waals surface area contributed by atoms with E-state index in [4.69, 9.17) is 0 Å². The Bertz CT molecular complexity index is 748. The topological polar surface area (TPSA) is 18.5 Å². The van der Waals surface area contributed by atoms with Crippen molar-refractivity contribution in [1.82, 2.24) is 15.1 Å². The van der Waals surface area contributed by atoms with E-state index in [2.05, 4.69) is 133 Å². The molecule has 1 aliphatic carbocycles. The molecule has 0 unspecified atom stereocenters. The zero-order valence-electron chi connectivity index (χ0n) is 25.8. The van der Waals surface area contributed by atoms with Gasteiger partial charge in [-0.1, -0.05) is 104 Å². The normalized spacial score (nSPS) is 17.9. The van der Waals surface area contributed by atoms with Gasteiger partial charge in [-0.3, -0.25) is 0 Å². The lowest BCUT2D eigenvalue weighted by atomic mass is 9.92. The van der Waals surface area contributed by atoms with Crippen LogP contribution in [0.15, 0.2) is 71.8 Å². The van der Waals surface area contributed by atoms with Crippen LogP contribution in [0, 0.1) is 17.8 Å². The van der Waals surface area contributed by atoms with E-state index in [1.54, 1.807) is 11.1 Å². The molecule has 0 bridgehead atoms. The van der Waals surface area contributed by atoms with Gasteiger partial charge in [0.05, 0.1) is 0 Å². The van der Waals surface area contributed by atoms with E-state index in [-0.39, 0.29) is 14.9 Å². The molecule has 1 N–H and O–H groups in total. The average molecular weight is 542 g/mol. The SMILES string of the molecule is C.C.CC(C)C1=CCCCC1.CC(C)C1=CCNCC1.CC(C)C1=CN(C)CC=C1.CC(C)N1C=CCC=C1. The van der Waals surface area contributed by atoms with Crippen molar-refractivity contribution in [2.45, 2.75) is 115 Å². The van der Waals surface area contributed by atoms with Crippen molar-refractivity contribution >= 4 is 0 Å². The van der Waals surface area contributed by atoms with Gasteiger partial charge in [0, 0.05) is 44.8 Å². The molecule has 39 heavy (non-hydrogen) atoms. The van der Waals surface area contributed by atoms with Gasteiger partial charge in [0.15, 0.2) is 0 Å². The lowest BCUT2D eigenvalue weighted by Gasteiger charge is -2.21. The molecule has 3 heteroatoms. The maximum atomic E-state index is 3.29. The van der Waals surface area contributed by atoms with Gasteiger partial charge in [-0.2, -0.15) is 0 Å². The Morgan fingerprint density at radius 1 is 0.744 bits per heavy atom. The first-order valence-electron chi connectivity index (χ1n) is 14.9. The van der Waals surface area contributed by atoms with Crippen LogP contribution in [0.3, 0.4) is 0 Å². The summed E-state index contributed by atoms with van der Waals surface area (Å²) in [5, 5.41) is 3.29. The van der Waals surface area contributed by atoms with E-state index in [1.807, 2.05) is 0 Å². The predicted octanol–water partition coefficient (Wildman–Crippen LogP) is 10.1. The van der Waals surface area contributed by atoms with Crippen molar-refractivity contribution in [1.29, 1.82) is 0 Å². The van der Waals surface area contributed by atoms with Gasteiger partial charge in [0.2, 0.25) is 0 Å². The Kier molecular flexibility index (Phi) is 22.9. The second kappa shape index (κ2) is 22.8. The van der Waals surface area contributed by atoms with Crippen LogP contribution in [0.4, 0.5) is 0 Å². The highest BCUT2D eigenvalue weighted by Gasteiger charge is 2.06. The summed E-state index contributed by atoms with van der Waals surface area (Å²) >= 11 is 0. The summed E-state index contributed by atoms with van der Waals surface area (Å²) in [5.74, 6) is 2.20. The second-order valence-corrected chi connectivity index (χ2v) is 11.7. The highest BCUT2D eigenvalue weighted by molar-refractivity contribution is 5.23. The molecule has 3 nitrogen and oxygen atoms in total. The number of allylic oxidation sites excluding steroid dienone is 6. The molecule has 0 spiro atoms. The minimum Gasteiger partial charge on any atom is -0.376 e. The maximum Gasteiger partial charge on any atom is 0.0354 e. The van der Waals surface area contributed by atoms with Crippen LogP contribution < -0.4 is 5.32 Å². The molecule has 226 valence electrons. The summed E-state index contributed by atoms with van der Waals surface area (Å²) in [6, 6.07) is 0.595. The first-order valence-corrected chi connectivity index (χ1v) is 14.9. The van der Waals surface area contributed by atoms with Gasteiger partial charge in [-0.25, -0.2) is 0 Å². The molecule has 4 rings (SSSR count). The Morgan fingerprint density at radius 2 is 1.36 bits per heavy atom. The first kappa shape index (κ1) is 39.1. The number of nitrogens with one attached hydrogen (secondary N) is 1. The first-order chi connectivity index (χ1) is 17.6. The average Bonchev–Trinajstić information content (AvgIpc) is 2.91. The Hall–Kier alpha value is -2.00. The molecule has 3 heterocycles. The van der Waals surface area contributed by atoms with E-state index in [9.17, 15) is 0 Å². The number of nitrogens with zero attached hydrogens (tertiary/aromatic N) is 2. The molecule has 0 aromatic heterocycles. The molecule has 4 aliphatic rings. The molecule has 0 radical (unpaired) electrons. The fourth-order valence-corrected chi connectivity index (χ4v) is 4.44. The molecule has 0 aromatic rings. The smallest absolute Gasteiger partial charge is 0.0354 e. The van der Waals surface area contributed by atoms with E-state index < -0.39 is 0 Å². The van der Waals surface area contributed by atoms with Crippen LogP contribution in [0.2, 0.25) is 0 Å². The van der Waals surface area contributed by atoms with Gasteiger partial charge >= 0.3 is 0 Å². The molecule has 0 atom stereocenters. The van der Waals surface area contributed by atoms with E-state index in [1.165, 1.54) is 44.2 Å². The van der Waals surface area contributed by atoms with Crippen molar-refractivity contribution in [2.75, 3.05) is 26.7 Å². The molecular formula is C36H67N3. The standard InChI is InChI=1S/C9H15N.C9H16.C8H15N.C8H13N.2CH4/c1-8(2)9-5-4-6-10(3)7-9;1-8(2)9-6-4-3-5-7-9;1-7(2)8-3-5-9-6-4-8;1-8(2)9-6-4-3-5-7-9;;/h4-5,7-8H,6H2,1-3H3;6,8H,3-5,7H2,1-2H3;3,7,9H,4-6H2,1-2H3;4-8H,3H2,1-2H3;2*1H4. The summed E-state index contributed by atoms with van der Waals surface area (Å²) in [7, 11) is 2.10. The maximum absolute atomic E-state index is 3.29. The third kappa shape index (κ3) is 18.1. The zero-order chi connectivity index (χ0) is 27.6. The van der Waals surface area contributed by atoms with Gasteiger partial charge in [0.1, 0.15) is 0 Å². The van der Waals surface area contributed by atoms with Gasteiger partial charge in [-0.05, 0) is 82.2 Å². The third-order valence-electron chi connectivity index (χ3n) is 7.07. The number of hydrogen-bond acceptors (Lipinski definition) is 3. The Labute approximate surface area is 245 Å². The second-order valence-electron chi connectivity index (χ2n) is 11.7. The van der Waals surface area contributed by atoms with Crippen LogP contribution in [0.1, 0.15) is 109 Å². The zero-order valence-corrected chi connectivity index (χ0v) is 25.8. The molecule has 0 amide bonds. The van der Waals surface area contributed by atoms with E-state index >= 15 is 0 Å². The van der Waals surface area contributed by atoms with Crippen molar-refractivity contribution in [2.24, 2.45) is 17.8 Å². The van der Waals surface area contributed by atoms with Crippen LogP contribution in [0.5, 0.6) is 0 Å². The Balaban J connectivity index is 0. The molecule has 0 saturated heterocycles. The lowest BCUT2D eigenvalue weighted by molar-refractivity contribution is 0.411. The summed E-state index contributed by atoms with van der Waals surface area (Å²) in [6.45, 7) is 21.2. The fraction of sp³-hybridized carbons (Fsp3) is 0.667. The lowest BCUT2D eigenvalue weighted by Crippen LogP contribution is -2.21. The van der Waals surface area contributed by atoms with Crippen molar-refractivity contribution in [3.8, 4) is 0 Å².